The monoisotopic (exact) mass is 442 g/mol. The van der Waals surface area contributed by atoms with Crippen LogP contribution in [-0.2, 0) is 10.0 Å². The van der Waals surface area contributed by atoms with Crippen molar-refractivity contribution in [1.29, 1.82) is 5.26 Å². The molecule has 31 heavy (non-hydrogen) atoms. The van der Waals surface area contributed by atoms with Crippen LogP contribution in [0.15, 0.2) is 33.6 Å². The van der Waals surface area contributed by atoms with Crippen molar-refractivity contribution in [2.75, 3.05) is 31.1 Å². The number of aromatic nitrogens is 1. The van der Waals surface area contributed by atoms with Crippen LogP contribution < -0.4 is 4.90 Å². The lowest BCUT2D eigenvalue weighted by Crippen LogP contribution is -2.39. The molecule has 2 aliphatic rings. The second-order valence-electron chi connectivity index (χ2n) is 9.27. The lowest BCUT2D eigenvalue weighted by Gasteiger charge is -2.34. The van der Waals surface area contributed by atoms with Gasteiger partial charge in [0.2, 0.25) is 27.5 Å². The molecule has 2 aromatic rings. The van der Waals surface area contributed by atoms with E-state index in [-0.39, 0.29) is 10.6 Å². The number of benzene rings is 1. The third-order valence-corrected chi connectivity index (χ3v) is 8.11. The van der Waals surface area contributed by atoms with E-state index < -0.39 is 10.0 Å². The Balaban J connectivity index is 1.58. The Bertz CT molecular complexity index is 1060. The number of oxazole rings is 1. The van der Waals surface area contributed by atoms with Gasteiger partial charge >= 0.3 is 0 Å². The zero-order valence-corrected chi connectivity index (χ0v) is 19.2. The highest BCUT2D eigenvalue weighted by molar-refractivity contribution is 7.89. The molecule has 4 rings (SSSR count). The molecule has 7 nitrogen and oxygen atoms in total. The van der Waals surface area contributed by atoms with Gasteiger partial charge in [0, 0.05) is 31.7 Å². The average Bonchev–Trinajstić information content (AvgIpc) is 3.18. The first kappa shape index (κ1) is 21.8. The van der Waals surface area contributed by atoms with E-state index in [9.17, 15) is 13.7 Å². The standard InChI is InChI=1S/C23H30N4O3S/c1-16-5-4-10-27(15-16)31(28,29)20-8-6-19(7-9-20)22-25-21(12-24)23(30-22)26-13-17(2)11-18(3)14-26/h6-9,16-18H,4-5,10-11,13-15H2,1-3H3/t16-,17-,18+/m0/s1. The summed E-state index contributed by atoms with van der Waals surface area (Å²) in [5, 5.41) is 9.57. The van der Waals surface area contributed by atoms with E-state index in [0.29, 0.717) is 48.2 Å². The number of hydrogen-bond acceptors (Lipinski definition) is 6. The van der Waals surface area contributed by atoms with E-state index in [1.54, 1.807) is 28.6 Å². The number of anilines is 1. The second-order valence-corrected chi connectivity index (χ2v) is 11.2. The molecule has 166 valence electrons. The van der Waals surface area contributed by atoms with Gasteiger partial charge in [-0.1, -0.05) is 20.8 Å². The molecule has 0 bridgehead atoms. The SMILES string of the molecule is C[C@@H]1C[C@H](C)CN(c2oc(-c3ccc(S(=O)(=O)N4CCC[C@H](C)C4)cc3)nc2C#N)C1. The van der Waals surface area contributed by atoms with E-state index in [4.69, 9.17) is 4.42 Å². The van der Waals surface area contributed by atoms with E-state index in [1.807, 2.05) is 0 Å². The molecule has 0 amide bonds. The molecule has 1 aromatic heterocycles. The lowest BCUT2D eigenvalue weighted by atomic mass is 9.92. The molecule has 0 saturated carbocycles. The van der Waals surface area contributed by atoms with Crippen molar-refractivity contribution in [3.63, 3.8) is 0 Å². The van der Waals surface area contributed by atoms with Crippen molar-refractivity contribution < 1.29 is 12.8 Å². The predicted octanol–water partition coefficient (Wildman–Crippen LogP) is 4.12. The molecule has 2 saturated heterocycles. The van der Waals surface area contributed by atoms with E-state index >= 15 is 0 Å². The Morgan fingerprint density at radius 2 is 1.74 bits per heavy atom. The first-order valence-electron chi connectivity index (χ1n) is 11.0. The Morgan fingerprint density at radius 1 is 1.06 bits per heavy atom. The van der Waals surface area contributed by atoms with Crippen LogP contribution in [0.2, 0.25) is 0 Å². The highest BCUT2D eigenvalue weighted by Gasteiger charge is 2.30. The zero-order chi connectivity index (χ0) is 22.2. The largest absolute Gasteiger partial charge is 0.419 e. The van der Waals surface area contributed by atoms with Crippen LogP contribution >= 0.6 is 0 Å². The lowest BCUT2D eigenvalue weighted by molar-refractivity contribution is 0.281. The molecule has 0 unspecified atom stereocenters. The molecular formula is C23H30N4O3S. The Labute approximate surface area is 184 Å². The molecule has 2 fully saturated rings. The van der Waals surface area contributed by atoms with Crippen LogP contribution in [0.25, 0.3) is 11.5 Å². The molecular weight excluding hydrogens is 412 g/mol. The van der Waals surface area contributed by atoms with Gasteiger partial charge < -0.3 is 9.32 Å². The summed E-state index contributed by atoms with van der Waals surface area (Å²) in [6, 6.07) is 8.76. The van der Waals surface area contributed by atoms with Gasteiger partial charge in [-0.15, -0.1) is 0 Å². The summed E-state index contributed by atoms with van der Waals surface area (Å²) >= 11 is 0. The summed E-state index contributed by atoms with van der Waals surface area (Å²) in [5.74, 6) is 2.26. The van der Waals surface area contributed by atoms with Crippen LogP contribution in [0.5, 0.6) is 0 Å². The van der Waals surface area contributed by atoms with Gasteiger partial charge in [-0.2, -0.15) is 14.6 Å². The van der Waals surface area contributed by atoms with Crippen molar-refractivity contribution >= 4 is 15.9 Å². The number of rotatable bonds is 4. The molecule has 0 N–H and O–H groups in total. The Kier molecular flexibility index (Phi) is 6.09. The highest BCUT2D eigenvalue weighted by atomic mass is 32.2. The van der Waals surface area contributed by atoms with Crippen LogP contribution in [0.4, 0.5) is 5.88 Å². The Hall–Kier alpha value is -2.37. The van der Waals surface area contributed by atoms with Gasteiger partial charge in [-0.3, -0.25) is 0 Å². The maximum Gasteiger partial charge on any atom is 0.243 e. The second kappa shape index (κ2) is 8.64. The third kappa shape index (κ3) is 4.48. The number of hydrogen-bond donors (Lipinski definition) is 0. The van der Waals surface area contributed by atoms with Crippen molar-refractivity contribution in [1.82, 2.24) is 9.29 Å². The minimum absolute atomic E-state index is 0.273. The van der Waals surface area contributed by atoms with Gasteiger partial charge in [0.05, 0.1) is 4.90 Å². The van der Waals surface area contributed by atoms with Crippen LogP contribution in [-0.4, -0.2) is 43.9 Å². The smallest absolute Gasteiger partial charge is 0.243 e. The van der Waals surface area contributed by atoms with Crippen molar-refractivity contribution in [3.05, 3.63) is 30.0 Å². The van der Waals surface area contributed by atoms with Crippen LogP contribution in [0.1, 0.15) is 45.7 Å². The molecule has 0 spiro atoms. The normalized spacial score (nSPS) is 25.4. The molecule has 1 aromatic carbocycles. The first-order chi connectivity index (χ1) is 14.8. The minimum atomic E-state index is -3.51. The fourth-order valence-electron chi connectivity index (χ4n) is 4.83. The van der Waals surface area contributed by atoms with Crippen molar-refractivity contribution in [2.24, 2.45) is 17.8 Å². The molecule has 0 aliphatic carbocycles. The summed E-state index contributed by atoms with van der Waals surface area (Å²) < 4.78 is 33.6. The topological polar surface area (TPSA) is 90.4 Å². The molecule has 8 heteroatoms. The maximum atomic E-state index is 13.0. The van der Waals surface area contributed by atoms with E-state index in [0.717, 1.165) is 32.4 Å². The summed E-state index contributed by atoms with van der Waals surface area (Å²) in [6.07, 6.45) is 3.11. The summed E-state index contributed by atoms with van der Waals surface area (Å²) in [7, 11) is -3.51. The van der Waals surface area contributed by atoms with Crippen molar-refractivity contribution in [3.8, 4) is 17.5 Å². The van der Waals surface area contributed by atoms with Gasteiger partial charge in [0.1, 0.15) is 6.07 Å². The minimum Gasteiger partial charge on any atom is -0.419 e. The summed E-state index contributed by atoms with van der Waals surface area (Å²) in [4.78, 5) is 6.76. The average molecular weight is 443 g/mol. The van der Waals surface area contributed by atoms with Gasteiger partial charge in [0.25, 0.3) is 0 Å². The molecule has 3 atom stereocenters. The summed E-state index contributed by atoms with van der Waals surface area (Å²) in [5.41, 5.74) is 0.933. The van der Waals surface area contributed by atoms with E-state index in [2.05, 4.69) is 36.7 Å². The quantitative estimate of drug-likeness (QED) is 0.708. The van der Waals surface area contributed by atoms with Gasteiger partial charge in [-0.25, -0.2) is 8.42 Å². The first-order valence-corrected chi connectivity index (χ1v) is 12.5. The Morgan fingerprint density at radius 3 is 2.35 bits per heavy atom. The van der Waals surface area contributed by atoms with Crippen molar-refractivity contribution in [2.45, 2.75) is 44.9 Å². The van der Waals surface area contributed by atoms with Crippen LogP contribution in [0.3, 0.4) is 0 Å². The van der Waals surface area contributed by atoms with Gasteiger partial charge in [0.15, 0.2) is 0 Å². The molecule has 0 radical (unpaired) electrons. The number of piperidine rings is 2. The summed E-state index contributed by atoms with van der Waals surface area (Å²) in [6.45, 7) is 9.28. The number of nitrogens with zero attached hydrogens (tertiary/aromatic N) is 4. The van der Waals surface area contributed by atoms with Crippen LogP contribution in [0, 0.1) is 29.1 Å². The third-order valence-electron chi connectivity index (χ3n) is 6.23. The fourth-order valence-corrected chi connectivity index (χ4v) is 6.43. The number of nitriles is 1. The molecule has 3 heterocycles. The van der Waals surface area contributed by atoms with E-state index in [1.165, 1.54) is 0 Å². The number of sulfonamides is 1. The highest BCUT2D eigenvalue weighted by Crippen LogP contribution is 2.33. The maximum absolute atomic E-state index is 13.0. The van der Waals surface area contributed by atoms with Gasteiger partial charge in [-0.05, 0) is 61.3 Å². The molecule has 2 aliphatic heterocycles. The fraction of sp³-hybridized carbons (Fsp3) is 0.565. The predicted molar refractivity (Wildman–Crippen MR) is 119 cm³/mol. The zero-order valence-electron chi connectivity index (χ0n) is 18.4.